The third-order valence-electron chi connectivity index (χ3n) is 2.17. The molecule has 0 saturated heterocycles. The second-order valence-corrected chi connectivity index (χ2v) is 3.09. The van der Waals surface area contributed by atoms with Crippen LogP contribution < -0.4 is 5.73 Å². The van der Waals surface area contributed by atoms with Crippen molar-refractivity contribution >= 4 is 5.65 Å². The van der Waals surface area contributed by atoms with Crippen molar-refractivity contribution in [2.75, 3.05) is 0 Å². The average molecular weight is 175 g/mol. The van der Waals surface area contributed by atoms with Crippen LogP contribution in [0.25, 0.3) is 5.65 Å². The van der Waals surface area contributed by atoms with Gasteiger partial charge >= 0.3 is 0 Å². The number of hydrogen-bond acceptors (Lipinski definition) is 2. The number of rotatable bonds is 2. The topological polar surface area (TPSA) is 43.3 Å². The van der Waals surface area contributed by atoms with Gasteiger partial charge in [0.15, 0.2) is 0 Å². The molecule has 0 bridgehead atoms. The Labute approximate surface area is 77.2 Å². The van der Waals surface area contributed by atoms with E-state index in [-0.39, 0.29) is 0 Å². The van der Waals surface area contributed by atoms with E-state index < -0.39 is 0 Å². The van der Waals surface area contributed by atoms with E-state index >= 15 is 0 Å². The first kappa shape index (κ1) is 8.26. The average Bonchev–Trinajstić information content (AvgIpc) is 2.58. The molecule has 0 unspecified atom stereocenters. The molecule has 0 radical (unpaired) electrons. The zero-order valence-corrected chi connectivity index (χ0v) is 7.70. The van der Waals surface area contributed by atoms with Crippen molar-refractivity contribution in [3.8, 4) is 0 Å². The lowest BCUT2D eigenvalue weighted by Gasteiger charge is -1.96. The van der Waals surface area contributed by atoms with Crippen LogP contribution in [0.2, 0.25) is 0 Å². The molecular formula is C10H13N3. The maximum absolute atomic E-state index is 5.54. The minimum atomic E-state index is 0.574. The first-order valence-electron chi connectivity index (χ1n) is 4.50. The highest BCUT2D eigenvalue weighted by atomic mass is 15.0. The van der Waals surface area contributed by atoms with Gasteiger partial charge in [0.25, 0.3) is 0 Å². The minimum absolute atomic E-state index is 0.574. The van der Waals surface area contributed by atoms with Crippen molar-refractivity contribution in [1.82, 2.24) is 9.38 Å². The highest BCUT2D eigenvalue weighted by molar-refractivity contribution is 5.42. The van der Waals surface area contributed by atoms with Crippen LogP contribution in [0.5, 0.6) is 0 Å². The van der Waals surface area contributed by atoms with Gasteiger partial charge in [0.05, 0.1) is 5.69 Å². The second-order valence-electron chi connectivity index (χ2n) is 3.09. The number of pyridine rings is 1. The van der Waals surface area contributed by atoms with Gasteiger partial charge in [-0.15, -0.1) is 0 Å². The van der Waals surface area contributed by atoms with Gasteiger partial charge in [0.2, 0.25) is 0 Å². The summed E-state index contributed by atoms with van der Waals surface area (Å²) in [5, 5.41) is 0. The molecule has 0 fully saturated rings. The van der Waals surface area contributed by atoms with Gasteiger partial charge in [-0.05, 0) is 24.1 Å². The van der Waals surface area contributed by atoms with Crippen molar-refractivity contribution in [2.45, 2.75) is 19.9 Å². The molecule has 68 valence electrons. The van der Waals surface area contributed by atoms with Crippen LogP contribution >= 0.6 is 0 Å². The molecule has 13 heavy (non-hydrogen) atoms. The molecule has 2 aromatic heterocycles. The van der Waals surface area contributed by atoms with Crippen LogP contribution in [0.1, 0.15) is 18.2 Å². The monoisotopic (exact) mass is 175 g/mol. The van der Waals surface area contributed by atoms with E-state index in [1.54, 1.807) is 0 Å². The van der Waals surface area contributed by atoms with Gasteiger partial charge < -0.3 is 10.1 Å². The maximum atomic E-state index is 5.54. The van der Waals surface area contributed by atoms with Crippen LogP contribution in [-0.2, 0) is 13.0 Å². The normalized spacial score (nSPS) is 10.9. The fraction of sp³-hybridized carbons (Fsp3) is 0.300. The first-order valence-corrected chi connectivity index (χ1v) is 4.50. The Morgan fingerprint density at radius 1 is 1.54 bits per heavy atom. The summed E-state index contributed by atoms with van der Waals surface area (Å²) in [6, 6.07) is 4.05. The summed E-state index contributed by atoms with van der Waals surface area (Å²) in [5.74, 6) is 0. The number of hydrogen-bond donors (Lipinski definition) is 1. The summed E-state index contributed by atoms with van der Waals surface area (Å²) in [6.07, 6.45) is 5.03. The van der Waals surface area contributed by atoms with Gasteiger partial charge in [0.1, 0.15) is 5.65 Å². The van der Waals surface area contributed by atoms with E-state index in [1.165, 1.54) is 0 Å². The van der Waals surface area contributed by atoms with E-state index in [0.717, 1.165) is 23.3 Å². The summed E-state index contributed by atoms with van der Waals surface area (Å²) in [4.78, 5) is 4.45. The fourth-order valence-corrected chi connectivity index (χ4v) is 1.37. The Bertz CT molecular complexity index is 415. The lowest BCUT2D eigenvalue weighted by Crippen LogP contribution is -1.96. The predicted molar refractivity (Wildman–Crippen MR) is 52.5 cm³/mol. The van der Waals surface area contributed by atoms with Crippen LogP contribution in [0.3, 0.4) is 0 Å². The second kappa shape index (κ2) is 3.18. The maximum Gasteiger partial charge on any atom is 0.137 e. The molecule has 0 aromatic carbocycles. The lowest BCUT2D eigenvalue weighted by molar-refractivity contribution is 1.05. The van der Waals surface area contributed by atoms with Gasteiger partial charge in [0, 0.05) is 18.9 Å². The Hall–Kier alpha value is -1.35. The zero-order chi connectivity index (χ0) is 9.26. The molecule has 2 N–H and O–H groups in total. The quantitative estimate of drug-likeness (QED) is 0.748. The molecule has 0 amide bonds. The first-order chi connectivity index (χ1) is 6.33. The largest absolute Gasteiger partial charge is 0.326 e. The Morgan fingerprint density at radius 3 is 3.08 bits per heavy atom. The predicted octanol–water partition coefficient (Wildman–Crippen LogP) is 1.36. The molecule has 0 aliphatic rings. The molecule has 2 heterocycles. The van der Waals surface area contributed by atoms with Crippen LogP contribution in [0.15, 0.2) is 24.5 Å². The van der Waals surface area contributed by atoms with Crippen molar-refractivity contribution in [3.05, 3.63) is 35.8 Å². The smallest absolute Gasteiger partial charge is 0.137 e. The van der Waals surface area contributed by atoms with E-state index in [2.05, 4.69) is 18.1 Å². The van der Waals surface area contributed by atoms with Crippen LogP contribution in [0.4, 0.5) is 0 Å². The van der Waals surface area contributed by atoms with Crippen molar-refractivity contribution < 1.29 is 0 Å². The highest BCUT2D eigenvalue weighted by Crippen LogP contribution is 2.08. The van der Waals surface area contributed by atoms with E-state index in [4.69, 9.17) is 5.73 Å². The van der Waals surface area contributed by atoms with Gasteiger partial charge in [-0.3, -0.25) is 0 Å². The lowest BCUT2D eigenvalue weighted by atomic mass is 10.3. The molecule has 0 atom stereocenters. The van der Waals surface area contributed by atoms with Gasteiger partial charge in [-0.2, -0.15) is 0 Å². The Morgan fingerprint density at radius 2 is 2.38 bits per heavy atom. The number of imidazole rings is 1. The Kier molecular flexibility index (Phi) is 2.02. The summed E-state index contributed by atoms with van der Waals surface area (Å²) in [6.45, 7) is 2.68. The van der Waals surface area contributed by atoms with Crippen LogP contribution in [0, 0.1) is 0 Å². The van der Waals surface area contributed by atoms with Crippen molar-refractivity contribution in [2.24, 2.45) is 5.73 Å². The molecule has 2 rings (SSSR count). The molecular weight excluding hydrogens is 162 g/mol. The standard InChI is InChI=1S/C10H13N3/c1-2-9-7-13-4-3-8(6-11)5-10(13)12-9/h3-5,7H,2,6,11H2,1H3. The summed E-state index contributed by atoms with van der Waals surface area (Å²) in [5.41, 5.74) is 8.77. The number of aryl methyl sites for hydroxylation is 1. The van der Waals surface area contributed by atoms with Gasteiger partial charge in [-0.1, -0.05) is 6.92 Å². The molecule has 0 aliphatic carbocycles. The highest BCUT2D eigenvalue weighted by Gasteiger charge is 1.99. The zero-order valence-electron chi connectivity index (χ0n) is 7.70. The minimum Gasteiger partial charge on any atom is -0.326 e. The van der Waals surface area contributed by atoms with E-state index in [1.807, 2.05) is 22.7 Å². The summed E-state index contributed by atoms with van der Waals surface area (Å²) >= 11 is 0. The molecule has 2 aromatic rings. The number of nitrogens with two attached hydrogens (primary N) is 1. The molecule has 0 saturated carbocycles. The fourth-order valence-electron chi connectivity index (χ4n) is 1.37. The number of fused-ring (bicyclic) bond motifs is 1. The molecule has 0 aliphatic heterocycles. The number of aromatic nitrogens is 2. The van der Waals surface area contributed by atoms with Crippen LogP contribution in [-0.4, -0.2) is 9.38 Å². The molecule has 3 nitrogen and oxygen atoms in total. The Balaban J connectivity index is 2.57. The van der Waals surface area contributed by atoms with E-state index in [0.29, 0.717) is 6.54 Å². The summed E-state index contributed by atoms with van der Waals surface area (Å²) < 4.78 is 2.03. The van der Waals surface area contributed by atoms with Crippen molar-refractivity contribution in [1.29, 1.82) is 0 Å². The molecule has 0 spiro atoms. The third kappa shape index (κ3) is 1.42. The third-order valence-corrected chi connectivity index (χ3v) is 2.17. The number of nitrogens with zero attached hydrogens (tertiary/aromatic N) is 2. The van der Waals surface area contributed by atoms with E-state index in [9.17, 15) is 0 Å². The molecule has 3 heteroatoms. The SMILES string of the molecule is CCc1cn2ccc(CN)cc2n1. The van der Waals surface area contributed by atoms with Crippen molar-refractivity contribution in [3.63, 3.8) is 0 Å². The van der Waals surface area contributed by atoms with Gasteiger partial charge in [-0.25, -0.2) is 4.98 Å². The summed E-state index contributed by atoms with van der Waals surface area (Å²) in [7, 11) is 0.